The van der Waals surface area contributed by atoms with Crippen LogP contribution in [0.1, 0.15) is 18.4 Å². The van der Waals surface area contributed by atoms with Gasteiger partial charge in [-0.1, -0.05) is 36.2 Å². The zero-order valence-corrected chi connectivity index (χ0v) is 8.23. The van der Waals surface area contributed by atoms with Crippen LogP contribution >= 0.6 is 23.2 Å². The van der Waals surface area contributed by atoms with Gasteiger partial charge >= 0.3 is 0 Å². The van der Waals surface area contributed by atoms with Gasteiger partial charge in [0.15, 0.2) is 0 Å². The molecule has 0 bridgehead atoms. The summed E-state index contributed by atoms with van der Waals surface area (Å²) in [5.41, 5.74) is 1.01. The summed E-state index contributed by atoms with van der Waals surface area (Å²) in [6.07, 6.45) is 0. The number of rotatable bonds is 2. The minimum atomic E-state index is 0.111. The van der Waals surface area contributed by atoms with Crippen molar-refractivity contribution in [2.24, 2.45) is 0 Å². The van der Waals surface area contributed by atoms with E-state index >= 15 is 0 Å². The zero-order chi connectivity index (χ0) is 9.14. The maximum Gasteiger partial charge on any atom is 0.0595 e. The lowest BCUT2D eigenvalue weighted by Crippen LogP contribution is -1.98. The second-order valence-electron chi connectivity index (χ2n) is 2.76. The fourth-order valence-corrected chi connectivity index (χ4v) is 1.23. The number of halogens is 2. The molecule has 1 aromatic carbocycles. The third-order valence-electron chi connectivity index (χ3n) is 1.79. The van der Waals surface area contributed by atoms with E-state index in [1.165, 1.54) is 0 Å². The molecule has 0 amide bonds. The number of aliphatic hydroxyl groups is 1. The quantitative estimate of drug-likeness (QED) is 0.786. The molecule has 12 heavy (non-hydrogen) atoms. The van der Waals surface area contributed by atoms with E-state index < -0.39 is 0 Å². The largest absolute Gasteiger partial charge is 0.396 e. The third kappa shape index (κ3) is 2.13. The molecule has 66 valence electrons. The average Bonchev–Trinajstić information content (AvgIpc) is 2.08. The predicted octanol–water partition coefficient (Wildman–Crippen LogP) is 3.09. The van der Waals surface area contributed by atoms with Crippen molar-refractivity contribution in [2.75, 3.05) is 6.61 Å². The predicted molar refractivity (Wildman–Crippen MR) is 52.0 cm³/mol. The van der Waals surface area contributed by atoms with Gasteiger partial charge in [0, 0.05) is 12.5 Å². The van der Waals surface area contributed by atoms with E-state index in [9.17, 15) is 0 Å². The van der Waals surface area contributed by atoms with Gasteiger partial charge in [-0.15, -0.1) is 0 Å². The molecule has 1 N–H and O–H groups in total. The minimum absolute atomic E-state index is 0.111. The molecule has 0 unspecified atom stereocenters. The molecule has 0 fully saturated rings. The molecule has 0 aliphatic heterocycles. The number of aliphatic hydroxyl groups excluding tert-OH is 1. The first-order valence-corrected chi connectivity index (χ1v) is 4.46. The van der Waals surface area contributed by atoms with Crippen molar-refractivity contribution in [3.05, 3.63) is 33.8 Å². The monoisotopic (exact) mass is 204 g/mol. The Morgan fingerprint density at radius 1 is 1.33 bits per heavy atom. The van der Waals surface area contributed by atoms with Crippen LogP contribution in [0.2, 0.25) is 10.0 Å². The van der Waals surface area contributed by atoms with Crippen LogP contribution in [-0.4, -0.2) is 11.7 Å². The van der Waals surface area contributed by atoms with Crippen molar-refractivity contribution in [1.82, 2.24) is 0 Å². The Morgan fingerprint density at radius 2 is 2.00 bits per heavy atom. The van der Waals surface area contributed by atoms with Crippen molar-refractivity contribution in [3.63, 3.8) is 0 Å². The van der Waals surface area contributed by atoms with Gasteiger partial charge in [-0.05, 0) is 17.7 Å². The Balaban J connectivity index is 2.96. The van der Waals surface area contributed by atoms with Gasteiger partial charge in [0.1, 0.15) is 0 Å². The molecular formula is C9H10Cl2O. The topological polar surface area (TPSA) is 20.2 Å². The maximum atomic E-state index is 8.87. The Kier molecular flexibility index (Phi) is 3.39. The molecule has 0 heterocycles. The molecule has 0 radical (unpaired) electrons. The number of benzene rings is 1. The Morgan fingerprint density at radius 3 is 2.50 bits per heavy atom. The fourth-order valence-electron chi connectivity index (χ4n) is 0.924. The van der Waals surface area contributed by atoms with Crippen molar-refractivity contribution < 1.29 is 5.11 Å². The third-order valence-corrected chi connectivity index (χ3v) is 2.53. The van der Waals surface area contributed by atoms with Crippen LogP contribution in [0.3, 0.4) is 0 Å². The lowest BCUT2D eigenvalue weighted by Gasteiger charge is -2.08. The van der Waals surface area contributed by atoms with E-state index in [2.05, 4.69) is 0 Å². The van der Waals surface area contributed by atoms with Gasteiger partial charge in [-0.2, -0.15) is 0 Å². The highest BCUT2D eigenvalue weighted by Crippen LogP contribution is 2.25. The molecule has 0 aliphatic rings. The molecule has 0 spiro atoms. The summed E-state index contributed by atoms with van der Waals surface area (Å²) in [7, 11) is 0. The van der Waals surface area contributed by atoms with Gasteiger partial charge in [-0.25, -0.2) is 0 Å². The first-order valence-electron chi connectivity index (χ1n) is 3.71. The second kappa shape index (κ2) is 4.13. The van der Waals surface area contributed by atoms with Crippen molar-refractivity contribution in [3.8, 4) is 0 Å². The number of hydrogen-bond donors (Lipinski definition) is 1. The Hall–Kier alpha value is -0.240. The van der Waals surface area contributed by atoms with E-state index in [4.69, 9.17) is 28.3 Å². The van der Waals surface area contributed by atoms with E-state index in [0.29, 0.717) is 10.0 Å². The van der Waals surface area contributed by atoms with Crippen molar-refractivity contribution in [2.45, 2.75) is 12.8 Å². The van der Waals surface area contributed by atoms with Gasteiger partial charge in [0.25, 0.3) is 0 Å². The normalized spacial score (nSPS) is 13.0. The molecule has 1 nitrogen and oxygen atoms in total. The van der Waals surface area contributed by atoms with Gasteiger partial charge in [0.2, 0.25) is 0 Å². The van der Waals surface area contributed by atoms with Gasteiger partial charge in [-0.3, -0.25) is 0 Å². The average molecular weight is 205 g/mol. The highest BCUT2D eigenvalue weighted by atomic mass is 35.5. The summed E-state index contributed by atoms with van der Waals surface area (Å²) in [5, 5.41) is 9.96. The molecule has 1 rings (SSSR count). The summed E-state index contributed by atoms with van der Waals surface area (Å²) in [4.78, 5) is 0. The summed E-state index contributed by atoms with van der Waals surface area (Å²) in [6.45, 7) is 2.05. The maximum absolute atomic E-state index is 8.87. The van der Waals surface area contributed by atoms with Crippen LogP contribution in [0.5, 0.6) is 0 Å². The lowest BCUT2D eigenvalue weighted by molar-refractivity contribution is 0.273. The van der Waals surface area contributed by atoms with E-state index in [0.717, 1.165) is 5.56 Å². The molecular weight excluding hydrogens is 195 g/mol. The first-order chi connectivity index (χ1) is 5.65. The minimum Gasteiger partial charge on any atom is -0.396 e. The molecule has 0 saturated heterocycles. The highest BCUT2D eigenvalue weighted by molar-refractivity contribution is 6.42. The number of hydrogen-bond acceptors (Lipinski definition) is 1. The van der Waals surface area contributed by atoms with E-state index in [1.807, 2.05) is 13.0 Å². The lowest BCUT2D eigenvalue weighted by atomic mass is 10.0. The van der Waals surface area contributed by atoms with Crippen molar-refractivity contribution >= 4 is 23.2 Å². The molecule has 3 heteroatoms. The smallest absolute Gasteiger partial charge is 0.0595 e. The van der Waals surface area contributed by atoms with Crippen LogP contribution in [0.4, 0.5) is 0 Å². The van der Waals surface area contributed by atoms with Crippen LogP contribution in [0.15, 0.2) is 18.2 Å². The summed E-state index contributed by atoms with van der Waals surface area (Å²) in [5.74, 6) is 0.111. The van der Waals surface area contributed by atoms with Crippen LogP contribution in [0, 0.1) is 0 Å². The molecule has 1 aromatic rings. The molecule has 1 atom stereocenters. The van der Waals surface area contributed by atoms with Gasteiger partial charge in [0.05, 0.1) is 10.0 Å². The van der Waals surface area contributed by atoms with E-state index in [1.54, 1.807) is 12.1 Å². The second-order valence-corrected chi connectivity index (χ2v) is 3.57. The molecule has 0 saturated carbocycles. The summed E-state index contributed by atoms with van der Waals surface area (Å²) < 4.78 is 0. The van der Waals surface area contributed by atoms with Crippen LogP contribution in [-0.2, 0) is 0 Å². The summed E-state index contributed by atoms with van der Waals surface area (Å²) in [6, 6.07) is 5.39. The first kappa shape index (κ1) is 9.85. The SMILES string of the molecule is C[C@H](CO)c1ccc(Cl)c(Cl)c1. The fraction of sp³-hybridized carbons (Fsp3) is 0.333. The van der Waals surface area contributed by atoms with Crippen LogP contribution in [0.25, 0.3) is 0 Å². The zero-order valence-electron chi connectivity index (χ0n) is 6.72. The van der Waals surface area contributed by atoms with Crippen molar-refractivity contribution in [1.29, 1.82) is 0 Å². The highest BCUT2D eigenvalue weighted by Gasteiger charge is 2.05. The van der Waals surface area contributed by atoms with E-state index in [-0.39, 0.29) is 12.5 Å². The Labute approximate surface area is 81.9 Å². The Bertz CT molecular complexity index is 273. The summed E-state index contributed by atoms with van der Waals surface area (Å²) >= 11 is 11.5. The molecule has 0 aromatic heterocycles. The van der Waals surface area contributed by atoms with Crippen LogP contribution < -0.4 is 0 Å². The van der Waals surface area contributed by atoms with Gasteiger partial charge < -0.3 is 5.11 Å². The standard InChI is InChI=1S/C9H10Cl2O/c1-6(5-12)7-2-3-8(10)9(11)4-7/h2-4,6,12H,5H2,1H3/t6-/m1/s1. The molecule has 0 aliphatic carbocycles.